The number of hydrogen-bond donors (Lipinski definition) is 2. The van der Waals surface area contributed by atoms with Crippen molar-refractivity contribution < 1.29 is 13.5 Å². The molecule has 3 N–H and O–H groups in total. The molecule has 0 amide bonds. The van der Waals surface area contributed by atoms with Crippen molar-refractivity contribution >= 4 is 0 Å². The number of nitrogens with zero attached hydrogens (tertiary/aromatic N) is 1. The Hall–Kier alpha value is -1.34. The first-order valence-electron chi connectivity index (χ1n) is 8.08. The molecule has 6 heteroatoms. The Bertz CT molecular complexity index is 633. The van der Waals surface area contributed by atoms with E-state index in [1.165, 1.54) is 17.2 Å². The van der Waals surface area contributed by atoms with Gasteiger partial charge in [-0.3, -0.25) is 4.90 Å². The SMILES string of the molecule is N[C@H]1C[C@@H](N2CC3=C(CNC3)C2)CO[C@@H]1c1cc(F)ccc1F. The maximum Gasteiger partial charge on any atom is 0.129 e. The van der Waals surface area contributed by atoms with Crippen LogP contribution in [0.5, 0.6) is 0 Å². The molecular formula is C17H21F2N3O. The summed E-state index contributed by atoms with van der Waals surface area (Å²) < 4.78 is 33.2. The summed E-state index contributed by atoms with van der Waals surface area (Å²) in [6.45, 7) is 4.37. The van der Waals surface area contributed by atoms with E-state index in [9.17, 15) is 8.78 Å². The fourth-order valence-corrected chi connectivity index (χ4v) is 3.91. The van der Waals surface area contributed by atoms with Crippen LogP contribution in [-0.2, 0) is 4.74 Å². The van der Waals surface area contributed by atoms with Crippen molar-refractivity contribution in [2.75, 3.05) is 32.8 Å². The van der Waals surface area contributed by atoms with E-state index in [1.54, 1.807) is 0 Å². The molecule has 1 aromatic rings. The van der Waals surface area contributed by atoms with Crippen molar-refractivity contribution in [3.05, 3.63) is 46.5 Å². The zero-order valence-corrected chi connectivity index (χ0v) is 12.9. The first-order chi connectivity index (χ1) is 11.1. The van der Waals surface area contributed by atoms with Crippen molar-refractivity contribution in [3.8, 4) is 0 Å². The Morgan fingerprint density at radius 1 is 1.17 bits per heavy atom. The third-order valence-corrected chi connectivity index (χ3v) is 5.15. The molecule has 0 aromatic heterocycles. The van der Waals surface area contributed by atoms with Gasteiger partial charge in [-0.05, 0) is 35.8 Å². The maximum absolute atomic E-state index is 14.0. The van der Waals surface area contributed by atoms with Crippen molar-refractivity contribution in [1.29, 1.82) is 0 Å². The van der Waals surface area contributed by atoms with Crippen LogP contribution in [0.2, 0.25) is 0 Å². The zero-order chi connectivity index (χ0) is 16.0. The van der Waals surface area contributed by atoms with E-state index in [0.717, 1.165) is 44.7 Å². The molecule has 0 aliphatic carbocycles. The van der Waals surface area contributed by atoms with Crippen LogP contribution in [0, 0.1) is 11.6 Å². The summed E-state index contributed by atoms with van der Waals surface area (Å²) in [5.74, 6) is -0.926. The molecular weight excluding hydrogens is 300 g/mol. The van der Waals surface area contributed by atoms with Gasteiger partial charge >= 0.3 is 0 Å². The molecule has 0 bridgehead atoms. The van der Waals surface area contributed by atoms with Gasteiger partial charge in [-0.15, -0.1) is 0 Å². The van der Waals surface area contributed by atoms with Gasteiger partial charge in [-0.1, -0.05) is 0 Å². The standard InChI is InChI=1S/C17H21F2N3O/c18-12-1-2-15(19)14(3-12)17-16(20)4-13(9-23-17)22-7-10-5-21-6-11(10)8-22/h1-3,13,16-17,21H,4-9,20H2/t13-,16+,17-/m1/s1. The Morgan fingerprint density at radius 2 is 1.91 bits per heavy atom. The molecule has 0 unspecified atom stereocenters. The zero-order valence-electron chi connectivity index (χ0n) is 12.9. The lowest BCUT2D eigenvalue weighted by Gasteiger charge is -2.39. The first kappa shape index (κ1) is 15.2. The Labute approximate surface area is 134 Å². The molecule has 23 heavy (non-hydrogen) atoms. The topological polar surface area (TPSA) is 50.5 Å². The molecule has 1 saturated heterocycles. The van der Waals surface area contributed by atoms with Crippen LogP contribution in [-0.4, -0.2) is 49.8 Å². The number of rotatable bonds is 2. The second-order valence-electron chi connectivity index (χ2n) is 6.69. The van der Waals surface area contributed by atoms with Crippen LogP contribution >= 0.6 is 0 Å². The van der Waals surface area contributed by atoms with E-state index in [-0.39, 0.29) is 17.6 Å². The predicted molar refractivity (Wildman–Crippen MR) is 82.9 cm³/mol. The molecule has 0 radical (unpaired) electrons. The second kappa shape index (κ2) is 5.94. The van der Waals surface area contributed by atoms with Gasteiger partial charge in [-0.25, -0.2) is 8.78 Å². The number of benzene rings is 1. The van der Waals surface area contributed by atoms with Crippen LogP contribution in [0.3, 0.4) is 0 Å². The molecule has 1 fully saturated rings. The van der Waals surface area contributed by atoms with Crippen LogP contribution in [0.15, 0.2) is 29.3 Å². The third kappa shape index (κ3) is 2.80. The molecule has 1 aromatic carbocycles. The lowest BCUT2D eigenvalue weighted by Crippen LogP contribution is -2.49. The fraction of sp³-hybridized carbons (Fsp3) is 0.529. The van der Waals surface area contributed by atoms with Crippen LogP contribution in [0.1, 0.15) is 18.1 Å². The molecule has 124 valence electrons. The molecule has 3 aliphatic rings. The van der Waals surface area contributed by atoms with Gasteiger partial charge in [0.15, 0.2) is 0 Å². The Balaban J connectivity index is 1.43. The minimum absolute atomic E-state index is 0.224. The van der Waals surface area contributed by atoms with E-state index in [1.807, 2.05) is 0 Å². The molecule has 3 heterocycles. The second-order valence-corrected chi connectivity index (χ2v) is 6.69. The van der Waals surface area contributed by atoms with Gasteiger partial charge in [0.25, 0.3) is 0 Å². The normalized spacial score (nSPS) is 31.7. The van der Waals surface area contributed by atoms with Crippen LogP contribution in [0.4, 0.5) is 8.78 Å². The van der Waals surface area contributed by atoms with E-state index in [4.69, 9.17) is 10.5 Å². The first-order valence-corrected chi connectivity index (χ1v) is 8.08. The van der Waals surface area contributed by atoms with Gasteiger partial charge in [0.1, 0.15) is 17.7 Å². The number of hydrogen-bond acceptors (Lipinski definition) is 4. The minimum atomic E-state index is -0.578. The molecule has 0 saturated carbocycles. The third-order valence-electron chi connectivity index (χ3n) is 5.15. The number of nitrogens with one attached hydrogen (secondary N) is 1. The monoisotopic (exact) mass is 321 g/mol. The summed E-state index contributed by atoms with van der Waals surface area (Å²) in [5, 5.41) is 3.36. The van der Waals surface area contributed by atoms with Crippen molar-refractivity contribution in [2.24, 2.45) is 5.73 Å². The minimum Gasteiger partial charge on any atom is -0.370 e. The number of ether oxygens (including phenoxy) is 1. The summed E-state index contributed by atoms with van der Waals surface area (Å²) in [6.07, 6.45) is 0.153. The van der Waals surface area contributed by atoms with Crippen LogP contribution in [0.25, 0.3) is 0 Å². The smallest absolute Gasteiger partial charge is 0.129 e. The van der Waals surface area contributed by atoms with E-state index in [0.29, 0.717) is 6.61 Å². The number of nitrogens with two attached hydrogens (primary N) is 1. The Kier molecular flexibility index (Phi) is 3.93. The average Bonchev–Trinajstić information content (AvgIpc) is 3.11. The lowest BCUT2D eigenvalue weighted by atomic mass is 9.93. The van der Waals surface area contributed by atoms with Crippen LogP contribution < -0.4 is 11.1 Å². The van der Waals surface area contributed by atoms with Crippen molar-refractivity contribution in [2.45, 2.75) is 24.6 Å². The van der Waals surface area contributed by atoms with Gasteiger partial charge in [0, 0.05) is 43.8 Å². The summed E-state index contributed by atoms with van der Waals surface area (Å²) in [6, 6.07) is 3.34. The van der Waals surface area contributed by atoms with E-state index in [2.05, 4.69) is 10.2 Å². The van der Waals surface area contributed by atoms with Crippen molar-refractivity contribution in [1.82, 2.24) is 10.2 Å². The Morgan fingerprint density at radius 3 is 2.61 bits per heavy atom. The van der Waals surface area contributed by atoms with Gasteiger partial charge < -0.3 is 15.8 Å². The number of halogens is 2. The van der Waals surface area contributed by atoms with Gasteiger partial charge in [0.2, 0.25) is 0 Å². The predicted octanol–water partition coefficient (Wildman–Crippen LogP) is 1.34. The fourth-order valence-electron chi connectivity index (χ4n) is 3.91. The highest BCUT2D eigenvalue weighted by Crippen LogP contribution is 2.33. The highest BCUT2D eigenvalue weighted by molar-refractivity contribution is 5.30. The molecule has 4 nitrogen and oxygen atoms in total. The summed E-state index contributed by atoms with van der Waals surface area (Å²) >= 11 is 0. The van der Waals surface area contributed by atoms with Gasteiger partial charge in [-0.2, -0.15) is 0 Å². The summed E-state index contributed by atoms with van der Waals surface area (Å²) in [4.78, 5) is 2.39. The quantitative estimate of drug-likeness (QED) is 0.807. The van der Waals surface area contributed by atoms with Gasteiger partial charge in [0.05, 0.1) is 6.61 Å². The average molecular weight is 321 g/mol. The highest BCUT2D eigenvalue weighted by atomic mass is 19.1. The summed E-state index contributed by atoms with van der Waals surface area (Å²) in [7, 11) is 0. The molecule has 3 atom stereocenters. The van der Waals surface area contributed by atoms with E-state index < -0.39 is 17.7 Å². The lowest BCUT2D eigenvalue weighted by molar-refractivity contribution is -0.0466. The highest BCUT2D eigenvalue weighted by Gasteiger charge is 2.37. The summed E-state index contributed by atoms with van der Waals surface area (Å²) in [5.41, 5.74) is 9.43. The van der Waals surface area contributed by atoms with E-state index >= 15 is 0 Å². The molecule has 3 aliphatic heterocycles. The largest absolute Gasteiger partial charge is 0.370 e. The molecule has 0 spiro atoms. The maximum atomic E-state index is 14.0. The molecule has 4 rings (SSSR count). The van der Waals surface area contributed by atoms with Crippen molar-refractivity contribution in [3.63, 3.8) is 0 Å².